The van der Waals surface area contributed by atoms with Crippen molar-refractivity contribution in [2.45, 2.75) is 31.5 Å². The van der Waals surface area contributed by atoms with Crippen LogP contribution in [-0.4, -0.2) is 48.8 Å². The molecule has 0 aliphatic carbocycles. The van der Waals surface area contributed by atoms with Crippen LogP contribution < -0.4 is 10.1 Å². The molecular formula is C14H20F3N3O. The van der Waals surface area contributed by atoms with Gasteiger partial charge >= 0.3 is 6.18 Å². The van der Waals surface area contributed by atoms with Crippen molar-refractivity contribution in [3.05, 3.63) is 18.3 Å². The second-order valence-corrected chi connectivity index (χ2v) is 5.21. The highest BCUT2D eigenvalue weighted by Crippen LogP contribution is 2.22. The van der Waals surface area contributed by atoms with Crippen LogP contribution in [0, 0.1) is 0 Å². The standard InChI is InChI=1S/C14H20F3N3O/c1-21-13-3-2-12(10-18-13)19-11-4-7-20(8-5-11)9-6-14(15,16)17/h2-3,10-11,19H,4-9H2,1H3. The van der Waals surface area contributed by atoms with Crippen molar-refractivity contribution in [3.8, 4) is 5.88 Å². The zero-order chi connectivity index (χ0) is 15.3. The molecule has 1 aromatic heterocycles. The molecule has 0 saturated carbocycles. The van der Waals surface area contributed by atoms with Gasteiger partial charge in [0, 0.05) is 31.7 Å². The van der Waals surface area contributed by atoms with Gasteiger partial charge in [-0.05, 0) is 18.9 Å². The third kappa shape index (κ3) is 5.41. The summed E-state index contributed by atoms with van der Waals surface area (Å²) in [4.78, 5) is 5.99. The molecule has 1 aromatic rings. The second-order valence-electron chi connectivity index (χ2n) is 5.21. The predicted octanol–water partition coefficient (Wildman–Crippen LogP) is 2.92. The summed E-state index contributed by atoms with van der Waals surface area (Å²) in [6.07, 6.45) is -1.42. The van der Waals surface area contributed by atoms with Crippen molar-refractivity contribution >= 4 is 5.69 Å². The van der Waals surface area contributed by atoms with Gasteiger partial charge in [0.15, 0.2) is 0 Å². The van der Waals surface area contributed by atoms with Crippen LogP contribution >= 0.6 is 0 Å². The lowest BCUT2D eigenvalue weighted by Crippen LogP contribution is -2.40. The van der Waals surface area contributed by atoms with Crippen molar-refractivity contribution in [1.82, 2.24) is 9.88 Å². The van der Waals surface area contributed by atoms with Crippen LogP contribution in [0.4, 0.5) is 18.9 Å². The number of hydrogen-bond acceptors (Lipinski definition) is 4. The topological polar surface area (TPSA) is 37.4 Å². The van der Waals surface area contributed by atoms with Gasteiger partial charge < -0.3 is 15.0 Å². The Bertz CT molecular complexity index is 428. The maximum Gasteiger partial charge on any atom is 0.390 e. The van der Waals surface area contributed by atoms with E-state index >= 15 is 0 Å². The van der Waals surface area contributed by atoms with Crippen LogP contribution in [0.5, 0.6) is 5.88 Å². The molecule has 1 N–H and O–H groups in total. The third-order valence-corrected chi connectivity index (χ3v) is 3.62. The van der Waals surface area contributed by atoms with Gasteiger partial charge in [-0.25, -0.2) is 4.98 Å². The number of likely N-dealkylation sites (tertiary alicyclic amines) is 1. The maximum atomic E-state index is 12.2. The Morgan fingerprint density at radius 2 is 2.05 bits per heavy atom. The predicted molar refractivity (Wildman–Crippen MR) is 74.5 cm³/mol. The summed E-state index contributed by atoms with van der Waals surface area (Å²) in [5.41, 5.74) is 0.907. The number of methoxy groups -OCH3 is 1. The summed E-state index contributed by atoms with van der Waals surface area (Å²) in [6, 6.07) is 3.95. The summed E-state index contributed by atoms with van der Waals surface area (Å²) in [5.74, 6) is 0.558. The average Bonchev–Trinajstić information content (AvgIpc) is 2.46. The SMILES string of the molecule is COc1ccc(NC2CCN(CCC(F)(F)F)CC2)cn1. The van der Waals surface area contributed by atoms with Gasteiger partial charge in [0.1, 0.15) is 0 Å². The Balaban J connectivity index is 1.73. The molecule has 0 aromatic carbocycles. The fourth-order valence-corrected chi connectivity index (χ4v) is 2.41. The fraction of sp³-hybridized carbons (Fsp3) is 0.643. The van der Waals surface area contributed by atoms with E-state index in [1.807, 2.05) is 11.0 Å². The molecule has 2 heterocycles. The Hall–Kier alpha value is -1.50. The molecule has 1 aliphatic rings. The van der Waals surface area contributed by atoms with E-state index in [9.17, 15) is 13.2 Å². The number of ether oxygens (including phenoxy) is 1. The lowest BCUT2D eigenvalue weighted by molar-refractivity contribution is -0.138. The molecule has 0 unspecified atom stereocenters. The molecule has 1 saturated heterocycles. The van der Waals surface area contributed by atoms with Crippen LogP contribution in [0.3, 0.4) is 0 Å². The van der Waals surface area contributed by atoms with Crippen LogP contribution in [0.25, 0.3) is 0 Å². The number of aromatic nitrogens is 1. The first-order valence-electron chi connectivity index (χ1n) is 7.02. The van der Waals surface area contributed by atoms with Crippen molar-refractivity contribution in [2.24, 2.45) is 0 Å². The molecule has 21 heavy (non-hydrogen) atoms. The molecule has 0 bridgehead atoms. The maximum absolute atomic E-state index is 12.2. The van der Waals surface area contributed by atoms with Crippen LogP contribution in [0.2, 0.25) is 0 Å². The van der Waals surface area contributed by atoms with Crippen molar-refractivity contribution in [1.29, 1.82) is 0 Å². The van der Waals surface area contributed by atoms with Gasteiger partial charge in [-0.2, -0.15) is 13.2 Å². The molecule has 4 nitrogen and oxygen atoms in total. The van der Waals surface area contributed by atoms with E-state index in [1.165, 1.54) is 0 Å². The number of anilines is 1. The van der Waals surface area contributed by atoms with Crippen molar-refractivity contribution < 1.29 is 17.9 Å². The molecule has 0 amide bonds. The van der Waals surface area contributed by atoms with Crippen molar-refractivity contribution in [2.75, 3.05) is 32.1 Å². The molecule has 1 fully saturated rings. The summed E-state index contributed by atoms with van der Waals surface area (Å²) in [6.45, 7) is 1.48. The first kappa shape index (κ1) is 15.9. The van der Waals surface area contributed by atoms with E-state index in [2.05, 4.69) is 10.3 Å². The Kier molecular flexibility index (Phi) is 5.27. The molecule has 0 atom stereocenters. The van der Waals surface area contributed by atoms with E-state index in [0.717, 1.165) is 18.5 Å². The number of rotatable bonds is 5. The van der Waals surface area contributed by atoms with Gasteiger partial charge in [-0.15, -0.1) is 0 Å². The lowest BCUT2D eigenvalue weighted by atomic mass is 10.0. The summed E-state index contributed by atoms with van der Waals surface area (Å²) in [7, 11) is 1.56. The zero-order valence-electron chi connectivity index (χ0n) is 12.0. The highest BCUT2D eigenvalue weighted by molar-refractivity contribution is 5.43. The summed E-state index contributed by atoms with van der Waals surface area (Å²) < 4.78 is 41.5. The molecule has 0 radical (unpaired) electrons. The van der Waals surface area contributed by atoms with Crippen LogP contribution in [0.1, 0.15) is 19.3 Å². The normalized spacial score (nSPS) is 17.7. The third-order valence-electron chi connectivity index (χ3n) is 3.62. The van der Waals surface area contributed by atoms with E-state index in [1.54, 1.807) is 19.4 Å². The van der Waals surface area contributed by atoms with E-state index in [4.69, 9.17) is 4.74 Å². The molecule has 118 valence electrons. The zero-order valence-corrected chi connectivity index (χ0v) is 12.0. The number of nitrogens with one attached hydrogen (secondary N) is 1. The molecule has 0 spiro atoms. The molecule has 2 rings (SSSR count). The highest BCUT2D eigenvalue weighted by atomic mass is 19.4. The van der Waals surface area contributed by atoms with Gasteiger partial charge in [0.05, 0.1) is 25.4 Å². The van der Waals surface area contributed by atoms with E-state index in [0.29, 0.717) is 19.0 Å². The molecular weight excluding hydrogens is 283 g/mol. The number of alkyl halides is 3. The van der Waals surface area contributed by atoms with Gasteiger partial charge in [-0.1, -0.05) is 0 Å². The largest absolute Gasteiger partial charge is 0.481 e. The number of piperidine rings is 1. The minimum atomic E-state index is -4.07. The minimum Gasteiger partial charge on any atom is -0.481 e. The number of nitrogens with zero attached hydrogens (tertiary/aromatic N) is 2. The highest BCUT2D eigenvalue weighted by Gasteiger charge is 2.29. The number of hydrogen-bond donors (Lipinski definition) is 1. The smallest absolute Gasteiger partial charge is 0.390 e. The Labute approximate surface area is 122 Å². The van der Waals surface area contributed by atoms with Crippen LogP contribution in [0.15, 0.2) is 18.3 Å². The fourth-order valence-electron chi connectivity index (χ4n) is 2.41. The summed E-state index contributed by atoms with van der Waals surface area (Å²) >= 11 is 0. The molecule has 1 aliphatic heterocycles. The minimum absolute atomic E-state index is 0.0975. The number of halogens is 3. The quantitative estimate of drug-likeness (QED) is 0.907. The average molecular weight is 303 g/mol. The van der Waals surface area contributed by atoms with E-state index < -0.39 is 12.6 Å². The monoisotopic (exact) mass is 303 g/mol. The van der Waals surface area contributed by atoms with Crippen molar-refractivity contribution in [3.63, 3.8) is 0 Å². The van der Waals surface area contributed by atoms with Gasteiger partial charge in [0.2, 0.25) is 5.88 Å². The Morgan fingerprint density at radius 3 is 2.57 bits per heavy atom. The first-order chi connectivity index (χ1) is 9.96. The van der Waals surface area contributed by atoms with Gasteiger partial charge in [-0.3, -0.25) is 0 Å². The number of pyridine rings is 1. The second kappa shape index (κ2) is 6.98. The Morgan fingerprint density at radius 1 is 1.33 bits per heavy atom. The van der Waals surface area contributed by atoms with E-state index in [-0.39, 0.29) is 12.6 Å². The lowest BCUT2D eigenvalue weighted by Gasteiger charge is -2.32. The first-order valence-corrected chi connectivity index (χ1v) is 7.02. The van der Waals surface area contributed by atoms with Gasteiger partial charge in [0.25, 0.3) is 0 Å². The summed E-state index contributed by atoms with van der Waals surface area (Å²) in [5, 5.41) is 3.36. The van der Waals surface area contributed by atoms with Crippen LogP contribution in [-0.2, 0) is 0 Å². The molecule has 7 heteroatoms.